The SMILES string of the molecule is O=C1CCCCCCN1C(=O)c1ccccc1. The predicted molar refractivity (Wildman–Crippen MR) is 65.6 cm³/mol. The first-order valence-corrected chi connectivity index (χ1v) is 6.19. The highest BCUT2D eigenvalue weighted by atomic mass is 16.2. The van der Waals surface area contributed by atoms with Crippen LogP contribution in [0.2, 0.25) is 0 Å². The Morgan fingerprint density at radius 1 is 1.00 bits per heavy atom. The number of likely N-dealkylation sites (tertiary alicyclic amines) is 1. The van der Waals surface area contributed by atoms with Gasteiger partial charge in [-0.1, -0.05) is 31.0 Å². The molecule has 1 aliphatic heterocycles. The van der Waals surface area contributed by atoms with E-state index in [1.54, 1.807) is 12.1 Å². The maximum absolute atomic E-state index is 12.2. The van der Waals surface area contributed by atoms with Crippen LogP contribution in [0, 0.1) is 0 Å². The Morgan fingerprint density at radius 3 is 2.47 bits per heavy atom. The number of imide groups is 1. The van der Waals surface area contributed by atoms with Crippen molar-refractivity contribution in [2.75, 3.05) is 6.54 Å². The Morgan fingerprint density at radius 2 is 1.71 bits per heavy atom. The van der Waals surface area contributed by atoms with E-state index in [0.717, 1.165) is 25.7 Å². The first-order chi connectivity index (χ1) is 8.29. The Balaban J connectivity index is 2.13. The molecule has 2 rings (SSSR count). The third kappa shape index (κ3) is 2.93. The van der Waals surface area contributed by atoms with Crippen LogP contribution in [0.5, 0.6) is 0 Å². The van der Waals surface area contributed by atoms with E-state index in [0.29, 0.717) is 18.5 Å². The fraction of sp³-hybridized carbons (Fsp3) is 0.429. The van der Waals surface area contributed by atoms with Crippen LogP contribution in [0.3, 0.4) is 0 Å². The van der Waals surface area contributed by atoms with Crippen molar-refractivity contribution in [2.24, 2.45) is 0 Å². The van der Waals surface area contributed by atoms with Crippen molar-refractivity contribution in [3.8, 4) is 0 Å². The van der Waals surface area contributed by atoms with Gasteiger partial charge in [0.25, 0.3) is 5.91 Å². The second-order valence-electron chi connectivity index (χ2n) is 4.38. The Labute approximate surface area is 101 Å². The molecule has 1 aromatic carbocycles. The van der Waals surface area contributed by atoms with Gasteiger partial charge in [0, 0.05) is 18.5 Å². The number of carbonyl (C=O) groups is 2. The molecule has 1 aromatic rings. The standard InChI is InChI=1S/C14H17NO2/c16-13-10-6-1-2-7-11-15(13)14(17)12-8-4-3-5-9-12/h3-5,8-9H,1-2,6-7,10-11H2. The van der Waals surface area contributed by atoms with Crippen LogP contribution < -0.4 is 0 Å². The summed E-state index contributed by atoms with van der Waals surface area (Å²) in [7, 11) is 0. The van der Waals surface area contributed by atoms with Gasteiger partial charge < -0.3 is 0 Å². The third-order valence-corrected chi connectivity index (χ3v) is 3.09. The molecule has 17 heavy (non-hydrogen) atoms. The summed E-state index contributed by atoms with van der Waals surface area (Å²) in [6.45, 7) is 0.562. The van der Waals surface area contributed by atoms with E-state index in [-0.39, 0.29) is 11.8 Å². The van der Waals surface area contributed by atoms with Crippen molar-refractivity contribution in [3.05, 3.63) is 35.9 Å². The molecule has 0 aliphatic carbocycles. The highest BCUT2D eigenvalue weighted by Gasteiger charge is 2.22. The van der Waals surface area contributed by atoms with Crippen LogP contribution in [-0.2, 0) is 4.79 Å². The van der Waals surface area contributed by atoms with Gasteiger partial charge in [-0.15, -0.1) is 0 Å². The van der Waals surface area contributed by atoms with Gasteiger partial charge in [-0.3, -0.25) is 14.5 Å². The number of hydrogen-bond acceptors (Lipinski definition) is 2. The highest BCUT2D eigenvalue weighted by Crippen LogP contribution is 2.14. The van der Waals surface area contributed by atoms with Crippen molar-refractivity contribution in [3.63, 3.8) is 0 Å². The van der Waals surface area contributed by atoms with Crippen LogP contribution in [0.25, 0.3) is 0 Å². The molecule has 1 saturated heterocycles. The minimum absolute atomic E-state index is 0.0291. The average Bonchev–Trinajstić information content (AvgIpc) is 2.35. The monoisotopic (exact) mass is 231 g/mol. The zero-order chi connectivity index (χ0) is 12.1. The van der Waals surface area contributed by atoms with Crippen LogP contribution in [0.4, 0.5) is 0 Å². The summed E-state index contributed by atoms with van der Waals surface area (Å²) in [6, 6.07) is 9.03. The quantitative estimate of drug-likeness (QED) is 0.697. The second-order valence-corrected chi connectivity index (χ2v) is 4.38. The molecule has 0 N–H and O–H groups in total. The number of amides is 2. The van der Waals surface area contributed by atoms with Crippen molar-refractivity contribution < 1.29 is 9.59 Å². The van der Waals surface area contributed by atoms with Gasteiger partial charge in [0.15, 0.2) is 0 Å². The zero-order valence-corrected chi connectivity index (χ0v) is 9.89. The van der Waals surface area contributed by atoms with E-state index in [1.165, 1.54) is 4.90 Å². The van der Waals surface area contributed by atoms with Crippen LogP contribution in [0.1, 0.15) is 42.5 Å². The van der Waals surface area contributed by atoms with Gasteiger partial charge >= 0.3 is 0 Å². The number of benzene rings is 1. The molecule has 2 amide bonds. The first kappa shape index (κ1) is 11.8. The van der Waals surface area contributed by atoms with Crippen molar-refractivity contribution >= 4 is 11.8 Å². The first-order valence-electron chi connectivity index (χ1n) is 6.19. The number of hydrogen-bond donors (Lipinski definition) is 0. The molecule has 0 spiro atoms. The molecular formula is C14H17NO2. The van der Waals surface area contributed by atoms with Crippen molar-refractivity contribution in [1.82, 2.24) is 4.90 Å². The molecule has 1 aliphatic rings. The normalized spacial score (nSPS) is 17.4. The highest BCUT2D eigenvalue weighted by molar-refractivity contribution is 6.04. The smallest absolute Gasteiger partial charge is 0.260 e. The lowest BCUT2D eigenvalue weighted by Gasteiger charge is -2.23. The molecule has 1 fully saturated rings. The molecule has 0 saturated carbocycles. The summed E-state index contributed by atoms with van der Waals surface area (Å²) >= 11 is 0. The topological polar surface area (TPSA) is 37.4 Å². The molecule has 3 heteroatoms. The van der Waals surface area contributed by atoms with E-state index in [1.807, 2.05) is 18.2 Å². The summed E-state index contributed by atoms with van der Waals surface area (Å²) in [5, 5.41) is 0. The number of rotatable bonds is 1. The van der Waals surface area contributed by atoms with Gasteiger partial charge in [-0.05, 0) is 25.0 Å². The number of carbonyl (C=O) groups excluding carboxylic acids is 2. The van der Waals surface area contributed by atoms with Crippen LogP contribution in [0.15, 0.2) is 30.3 Å². The lowest BCUT2D eigenvalue weighted by Crippen LogP contribution is -2.38. The summed E-state index contributed by atoms with van der Waals surface area (Å²) in [4.78, 5) is 25.5. The van der Waals surface area contributed by atoms with E-state index >= 15 is 0 Å². The summed E-state index contributed by atoms with van der Waals surface area (Å²) < 4.78 is 0. The zero-order valence-electron chi connectivity index (χ0n) is 9.89. The molecule has 0 unspecified atom stereocenters. The van der Waals surface area contributed by atoms with Gasteiger partial charge in [0.1, 0.15) is 0 Å². The maximum atomic E-state index is 12.2. The average molecular weight is 231 g/mol. The summed E-state index contributed by atoms with van der Waals surface area (Å²) in [5.41, 5.74) is 0.599. The van der Waals surface area contributed by atoms with Crippen molar-refractivity contribution in [2.45, 2.75) is 32.1 Å². The minimum atomic E-state index is -0.155. The van der Waals surface area contributed by atoms with Crippen LogP contribution in [-0.4, -0.2) is 23.3 Å². The Bertz CT molecular complexity index is 400. The van der Waals surface area contributed by atoms with Gasteiger partial charge in [-0.2, -0.15) is 0 Å². The Hall–Kier alpha value is -1.64. The molecule has 90 valence electrons. The molecule has 3 nitrogen and oxygen atoms in total. The van der Waals surface area contributed by atoms with Gasteiger partial charge in [0.2, 0.25) is 5.91 Å². The number of nitrogens with zero attached hydrogens (tertiary/aromatic N) is 1. The predicted octanol–water partition coefficient (Wildman–Crippen LogP) is 2.62. The molecule has 0 bridgehead atoms. The van der Waals surface area contributed by atoms with Gasteiger partial charge in [0.05, 0.1) is 0 Å². The molecule has 0 aromatic heterocycles. The largest absolute Gasteiger partial charge is 0.279 e. The van der Waals surface area contributed by atoms with Gasteiger partial charge in [-0.25, -0.2) is 0 Å². The molecule has 0 radical (unpaired) electrons. The van der Waals surface area contributed by atoms with E-state index < -0.39 is 0 Å². The van der Waals surface area contributed by atoms with Crippen molar-refractivity contribution in [1.29, 1.82) is 0 Å². The minimum Gasteiger partial charge on any atom is -0.279 e. The van der Waals surface area contributed by atoms with Crippen LogP contribution >= 0.6 is 0 Å². The fourth-order valence-electron chi connectivity index (χ4n) is 2.11. The lowest BCUT2D eigenvalue weighted by atomic mass is 10.1. The van der Waals surface area contributed by atoms with E-state index in [2.05, 4.69) is 0 Å². The second kappa shape index (κ2) is 5.62. The molecule has 0 atom stereocenters. The molecular weight excluding hydrogens is 214 g/mol. The summed E-state index contributed by atoms with van der Waals surface area (Å²) in [6.07, 6.45) is 4.52. The summed E-state index contributed by atoms with van der Waals surface area (Å²) in [5.74, 6) is -0.184. The maximum Gasteiger partial charge on any atom is 0.260 e. The lowest BCUT2D eigenvalue weighted by molar-refractivity contribution is -0.129. The van der Waals surface area contributed by atoms with E-state index in [4.69, 9.17) is 0 Å². The third-order valence-electron chi connectivity index (χ3n) is 3.09. The fourth-order valence-corrected chi connectivity index (χ4v) is 2.11. The molecule has 1 heterocycles. The Kier molecular flexibility index (Phi) is 3.91. The van der Waals surface area contributed by atoms with E-state index in [9.17, 15) is 9.59 Å².